The molecule has 0 saturated carbocycles. The Balaban J connectivity index is 1.52. The van der Waals surface area contributed by atoms with Crippen LogP contribution in [0.1, 0.15) is 24.2 Å². The molecule has 5 rings (SSSR count). The number of nitrogens with zero attached hydrogens (tertiary/aromatic N) is 6. The van der Waals surface area contributed by atoms with Crippen molar-refractivity contribution < 1.29 is 27.6 Å². The summed E-state index contributed by atoms with van der Waals surface area (Å²) in [6.07, 6.45) is -2.37. The number of aromatic nitrogens is 6. The first-order valence-electron chi connectivity index (χ1n) is 10.7. The SMILES string of the molecule is Cc1noc(-c2ccc3c(-c4nc(N[C@H]5CCCN(C(=O)O)C5)ncc4C(F)(F)F)c[nH]c3n2)n1. The number of carbonyl (C=O) groups is 1. The lowest BCUT2D eigenvalue weighted by Gasteiger charge is -2.31. The highest BCUT2D eigenvalue weighted by molar-refractivity contribution is 5.94. The monoisotopic (exact) mass is 488 g/mol. The number of amides is 1. The summed E-state index contributed by atoms with van der Waals surface area (Å²) in [4.78, 5) is 31.9. The van der Waals surface area contributed by atoms with E-state index in [-0.39, 0.29) is 35.7 Å². The quantitative estimate of drug-likeness (QED) is 0.389. The Labute approximate surface area is 195 Å². The van der Waals surface area contributed by atoms with Crippen LogP contribution in [0.5, 0.6) is 0 Å². The van der Waals surface area contributed by atoms with Gasteiger partial charge in [0.05, 0.1) is 5.69 Å². The second-order valence-corrected chi connectivity index (χ2v) is 8.11. The number of nitrogens with one attached hydrogen (secondary N) is 2. The number of piperidine rings is 1. The summed E-state index contributed by atoms with van der Waals surface area (Å²) in [5, 5.41) is 16.3. The summed E-state index contributed by atoms with van der Waals surface area (Å²) in [7, 11) is 0. The van der Waals surface area contributed by atoms with Crippen molar-refractivity contribution in [3.05, 3.63) is 35.9 Å². The molecule has 4 aromatic heterocycles. The molecule has 1 amide bonds. The number of rotatable bonds is 4. The average Bonchev–Trinajstić information content (AvgIpc) is 3.44. The molecule has 11 nitrogen and oxygen atoms in total. The molecule has 1 aliphatic heterocycles. The Kier molecular flexibility index (Phi) is 5.49. The number of fused-ring (bicyclic) bond motifs is 1. The van der Waals surface area contributed by atoms with Crippen LogP contribution in [0.4, 0.5) is 23.9 Å². The fraction of sp³-hybridized carbons (Fsp3) is 0.333. The average molecular weight is 488 g/mol. The molecular formula is C21H19F3N8O3. The van der Waals surface area contributed by atoms with Crippen molar-refractivity contribution in [2.24, 2.45) is 0 Å². The zero-order chi connectivity index (χ0) is 24.7. The summed E-state index contributed by atoms with van der Waals surface area (Å²) in [6.45, 7) is 2.24. The van der Waals surface area contributed by atoms with E-state index in [0.717, 1.165) is 6.20 Å². The maximum atomic E-state index is 13.8. The molecule has 1 atom stereocenters. The predicted molar refractivity (Wildman–Crippen MR) is 116 cm³/mol. The van der Waals surface area contributed by atoms with Crippen LogP contribution >= 0.6 is 0 Å². The molecule has 0 radical (unpaired) electrons. The Hall–Kier alpha value is -4.23. The third-order valence-electron chi connectivity index (χ3n) is 5.66. The Morgan fingerprint density at radius 2 is 2.11 bits per heavy atom. The van der Waals surface area contributed by atoms with Gasteiger partial charge in [-0.1, -0.05) is 5.16 Å². The lowest BCUT2D eigenvalue weighted by atomic mass is 10.1. The summed E-state index contributed by atoms with van der Waals surface area (Å²) in [6, 6.07) is 2.85. The van der Waals surface area contributed by atoms with E-state index in [9.17, 15) is 23.1 Å². The maximum Gasteiger partial charge on any atom is 0.419 e. The van der Waals surface area contributed by atoms with Crippen LogP contribution in [0.25, 0.3) is 33.9 Å². The minimum atomic E-state index is -4.70. The number of carboxylic acid groups (broad SMARTS) is 1. The minimum Gasteiger partial charge on any atom is -0.465 e. The van der Waals surface area contributed by atoms with Crippen LogP contribution < -0.4 is 5.32 Å². The second-order valence-electron chi connectivity index (χ2n) is 8.11. The van der Waals surface area contributed by atoms with E-state index in [0.29, 0.717) is 41.9 Å². The number of halogens is 3. The van der Waals surface area contributed by atoms with E-state index < -0.39 is 17.8 Å². The highest BCUT2D eigenvalue weighted by Gasteiger charge is 2.36. The van der Waals surface area contributed by atoms with Crippen molar-refractivity contribution in [1.82, 2.24) is 35.0 Å². The summed E-state index contributed by atoms with van der Waals surface area (Å²) in [5.41, 5.74) is -0.451. The maximum absolute atomic E-state index is 13.8. The van der Waals surface area contributed by atoms with Gasteiger partial charge >= 0.3 is 12.3 Å². The first kappa shape index (κ1) is 22.6. The molecule has 1 aliphatic rings. The fourth-order valence-electron chi connectivity index (χ4n) is 4.04. The standard InChI is InChI=1S/C21H19F3N8O3/c1-10-27-18(35-31-10)15-5-4-12-13(7-25-17(12)29-15)16-14(21(22,23)24)8-26-19(30-16)28-11-3-2-6-32(9-11)20(33)34/h4-5,7-8,11H,2-3,6,9H2,1H3,(H,25,29)(H,33,34)(H,26,28,30)/t11-/m0/s1. The van der Waals surface area contributed by atoms with Gasteiger partial charge < -0.3 is 24.8 Å². The highest BCUT2D eigenvalue weighted by atomic mass is 19.4. The highest BCUT2D eigenvalue weighted by Crippen LogP contribution is 2.38. The fourth-order valence-corrected chi connectivity index (χ4v) is 4.04. The molecule has 0 aromatic carbocycles. The van der Waals surface area contributed by atoms with Gasteiger partial charge in [0, 0.05) is 42.5 Å². The topological polar surface area (TPSA) is 146 Å². The number of pyridine rings is 1. The van der Waals surface area contributed by atoms with Crippen molar-refractivity contribution in [3.63, 3.8) is 0 Å². The van der Waals surface area contributed by atoms with Crippen LogP contribution in [0.15, 0.2) is 29.0 Å². The Bertz CT molecular complexity index is 1400. The van der Waals surface area contributed by atoms with Crippen molar-refractivity contribution >= 4 is 23.1 Å². The van der Waals surface area contributed by atoms with Crippen molar-refractivity contribution in [1.29, 1.82) is 0 Å². The van der Waals surface area contributed by atoms with Crippen molar-refractivity contribution in [3.8, 4) is 22.8 Å². The molecule has 0 spiro atoms. The minimum absolute atomic E-state index is 0.0227. The van der Waals surface area contributed by atoms with Crippen LogP contribution in [-0.2, 0) is 6.18 Å². The molecule has 4 aromatic rings. The van der Waals surface area contributed by atoms with Crippen LogP contribution in [0.2, 0.25) is 0 Å². The number of alkyl halides is 3. The van der Waals surface area contributed by atoms with Crippen LogP contribution in [-0.4, -0.2) is 65.3 Å². The molecular weight excluding hydrogens is 469 g/mol. The van der Waals surface area contributed by atoms with Crippen molar-refractivity contribution in [2.45, 2.75) is 32.0 Å². The second kappa shape index (κ2) is 8.52. The molecule has 1 fully saturated rings. The number of likely N-dealkylation sites (tertiary alicyclic amines) is 1. The van der Waals surface area contributed by atoms with Crippen LogP contribution in [0, 0.1) is 6.92 Å². The number of aromatic amines is 1. The van der Waals surface area contributed by atoms with Gasteiger partial charge in [0.1, 0.15) is 16.9 Å². The van der Waals surface area contributed by atoms with Gasteiger partial charge in [0.2, 0.25) is 5.95 Å². The van der Waals surface area contributed by atoms with E-state index in [1.54, 1.807) is 19.1 Å². The number of hydrogen-bond donors (Lipinski definition) is 3. The molecule has 35 heavy (non-hydrogen) atoms. The van der Waals surface area contributed by atoms with Gasteiger partial charge in [-0.15, -0.1) is 0 Å². The number of aryl methyl sites for hydroxylation is 1. The molecule has 5 heterocycles. The van der Waals surface area contributed by atoms with E-state index in [2.05, 4.69) is 35.4 Å². The molecule has 182 valence electrons. The lowest BCUT2D eigenvalue weighted by Crippen LogP contribution is -2.44. The smallest absolute Gasteiger partial charge is 0.419 e. The van der Waals surface area contributed by atoms with E-state index in [4.69, 9.17) is 4.52 Å². The molecule has 14 heteroatoms. The Morgan fingerprint density at radius 3 is 2.83 bits per heavy atom. The number of hydrogen-bond acceptors (Lipinski definition) is 8. The van der Waals surface area contributed by atoms with Gasteiger partial charge in [0.15, 0.2) is 5.82 Å². The van der Waals surface area contributed by atoms with E-state index in [1.165, 1.54) is 11.1 Å². The number of H-pyrrole nitrogens is 1. The van der Waals surface area contributed by atoms with Gasteiger partial charge in [-0.25, -0.2) is 19.7 Å². The Morgan fingerprint density at radius 1 is 1.29 bits per heavy atom. The molecule has 0 bridgehead atoms. The third-order valence-corrected chi connectivity index (χ3v) is 5.66. The molecule has 3 N–H and O–H groups in total. The summed E-state index contributed by atoms with van der Waals surface area (Å²) >= 11 is 0. The van der Waals surface area contributed by atoms with E-state index >= 15 is 0 Å². The van der Waals surface area contributed by atoms with E-state index in [1.807, 2.05) is 0 Å². The molecule has 1 saturated heterocycles. The largest absolute Gasteiger partial charge is 0.465 e. The molecule has 0 unspecified atom stereocenters. The summed E-state index contributed by atoms with van der Waals surface area (Å²) < 4.78 is 46.6. The first-order chi connectivity index (χ1) is 16.7. The zero-order valence-corrected chi connectivity index (χ0v) is 18.3. The van der Waals surface area contributed by atoms with Crippen LogP contribution in [0.3, 0.4) is 0 Å². The lowest BCUT2D eigenvalue weighted by molar-refractivity contribution is -0.137. The number of anilines is 1. The van der Waals surface area contributed by atoms with Gasteiger partial charge in [-0.3, -0.25) is 0 Å². The van der Waals surface area contributed by atoms with Gasteiger partial charge in [0.25, 0.3) is 5.89 Å². The normalized spacial score (nSPS) is 16.6. The predicted octanol–water partition coefficient (Wildman–Crippen LogP) is 3.95. The summed E-state index contributed by atoms with van der Waals surface area (Å²) in [5.74, 6) is 0.591. The van der Waals surface area contributed by atoms with Gasteiger partial charge in [-0.05, 0) is 31.9 Å². The third kappa shape index (κ3) is 4.46. The van der Waals surface area contributed by atoms with Gasteiger partial charge in [-0.2, -0.15) is 18.2 Å². The zero-order valence-electron chi connectivity index (χ0n) is 18.3. The molecule has 0 aliphatic carbocycles. The van der Waals surface area contributed by atoms with Crippen molar-refractivity contribution in [2.75, 3.05) is 18.4 Å². The first-order valence-corrected chi connectivity index (χ1v) is 10.7.